The summed E-state index contributed by atoms with van der Waals surface area (Å²) in [5.74, 6) is 1.70. The van der Waals surface area contributed by atoms with Gasteiger partial charge in [-0.2, -0.15) is 0 Å². The molecule has 7 heteroatoms. The molecule has 0 bridgehead atoms. The fourth-order valence-corrected chi connectivity index (χ4v) is 2.78. The molecule has 0 atom stereocenters. The zero-order valence-corrected chi connectivity index (χ0v) is 17.3. The van der Waals surface area contributed by atoms with Crippen molar-refractivity contribution >= 4 is 41.3 Å². The Balaban J connectivity index is 0.00000264. The first kappa shape index (κ1) is 20.6. The lowest BCUT2D eigenvalue weighted by Crippen LogP contribution is -2.38. The molecular weight excluding hydrogens is 423 g/mol. The summed E-state index contributed by atoms with van der Waals surface area (Å²) in [6.45, 7) is 8.38. The van der Waals surface area contributed by atoms with E-state index in [9.17, 15) is 0 Å². The second-order valence-electron chi connectivity index (χ2n) is 5.57. The van der Waals surface area contributed by atoms with Crippen LogP contribution in [0.4, 0.5) is 0 Å². The van der Waals surface area contributed by atoms with Crippen molar-refractivity contribution in [1.82, 2.24) is 15.6 Å². The fraction of sp³-hybridized carbons (Fsp3) is 0.750. The van der Waals surface area contributed by atoms with Gasteiger partial charge >= 0.3 is 0 Å². The number of aliphatic imine (C=N–C) groups is 1. The number of rotatable bonds is 10. The highest BCUT2D eigenvalue weighted by molar-refractivity contribution is 14.0. The van der Waals surface area contributed by atoms with Crippen LogP contribution >= 0.6 is 35.3 Å². The predicted molar refractivity (Wildman–Crippen MR) is 108 cm³/mol. The maximum Gasteiger partial charge on any atom is 0.191 e. The maximum atomic E-state index is 5.64. The first-order valence-electron chi connectivity index (χ1n) is 8.35. The molecule has 1 heterocycles. The first-order chi connectivity index (χ1) is 10.8. The summed E-state index contributed by atoms with van der Waals surface area (Å²) in [5.41, 5.74) is 0. The van der Waals surface area contributed by atoms with Crippen LogP contribution in [0.2, 0.25) is 0 Å². The average Bonchev–Trinajstić information content (AvgIpc) is 3.24. The lowest BCUT2D eigenvalue weighted by Gasteiger charge is -2.11. The van der Waals surface area contributed by atoms with Gasteiger partial charge < -0.3 is 15.4 Å². The number of hydrogen-bond donors (Lipinski definition) is 2. The van der Waals surface area contributed by atoms with Crippen LogP contribution in [0.1, 0.15) is 43.0 Å². The predicted octanol–water partition coefficient (Wildman–Crippen LogP) is 3.20. The van der Waals surface area contributed by atoms with E-state index in [1.165, 1.54) is 17.7 Å². The minimum atomic E-state index is 0. The molecule has 5 nitrogen and oxygen atoms in total. The molecule has 132 valence electrons. The third-order valence-electron chi connectivity index (χ3n) is 3.47. The molecule has 0 radical (unpaired) electrons. The van der Waals surface area contributed by atoms with Gasteiger partial charge in [0.2, 0.25) is 0 Å². The van der Waals surface area contributed by atoms with Crippen LogP contribution in [0, 0.1) is 5.92 Å². The highest BCUT2D eigenvalue weighted by Gasteiger charge is 2.20. The largest absolute Gasteiger partial charge is 0.381 e. The summed E-state index contributed by atoms with van der Waals surface area (Å²) in [5, 5.41) is 7.69. The number of aromatic nitrogens is 1. The number of ether oxygens (including phenoxy) is 1. The average molecular weight is 452 g/mol. The molecule has 0 amide bonds. The fourth-order valence-electron chi connectivity index (χ4n) is 1.99. The number of guanidine groups is 1. The van der Waals surface area contributed by atoms with Crippen molar-refractivity contribution in [1.29, 1.82) is 0 Å². The summed E-state index contributed by atoms with van der Waals surface area (Å²) in [6.07, 6.45) is 6.71. The van der Waals surface area contributed by atoms with E-state index in [1.807, 2.05) is 6.20 Å². The molecule has 1 aliphatic rings. The Kier molecular flexibility index (Phi) is 10.8. The number of aryl methyl sites for hydroxylation is 1. The number of nitrogens with one attached hydrogen (secondary N) is 2. The van der Waals surface area contributed by atoms with Gasteiger partial charge in [0.15, 0.2) is 5.96 Å². The molecule has 0 aliphatic heterocycles. The molecule has 1 aromatic rings. The molecule has 2 N–H and O–H groups in total. The van der Waals surface area contributed by atoms with Gasteiger partial charge in [0.1, 0.15) is 5.01 Å². The Hall–Kier alpha value is -0.410. The minimum absolute atomic E-state index is 0. The van der Waals surface area contributed by atoms with E-state index in [0.717, 1.165) is 56.0 Å². The Morgan fingerprint density at radius 1 is 1.39 bits per heavy atom. The molecule has 23 heavy (non-hydrogen) atoms. The van der Waals surface area contributed by atoms with Crippen LogP contribution in [-0.2, 0) is 17.7 Å². The Bertz CT molecular complexity index is 463. The van der Waals surface area contributed by atoms with Crippen LogP contribution in [-0.4, -0.2) is 37.2 Å². The molecule has 1 fully saturated rings. The highest BCUT2D eigenvalue weighted by atomic mass is 127. The third kappa shape index (κ3) is 8.85. The van der Waals surface area contributed by atoms with E-state index in [0.29, 0.717) is 6.54 Å². The smallest absolute Gasteiger partial charge is 0.191 e. The number of nitrogens with zero attached hydrogens (tertiary/aromatic N) is 2. The van der Waals surface area contributed by atoms with E-state index in [1.54, 1.807) is 11.3 Å². The van der Waals surface area contributed by atoms with E-state index in [4.69, 9.17) is 4.74 Å². The summed E-state index contributed by atoms with van der Waals surface area (Å²) in [6, 6.07) is 0. The zero-order valence-electron chi connectivity index (χ0n) is 14.1. The van der Waals surface area contributed by atoms with E-state index >= 15 is 0 Å². The van der Waals surface area contributed by atoms with Crippen LogP contribution in [0.15, 0.2) is 11.2 Å². The molecule has 0 spiro atoms. The summed E-state index contributed by atoms with van der Waals surface area (Å²) < 4.78 is 5.64. The van der Waals surface area contributed by atoms with E-state index < -0.39 is 0 Å². The van der Waals surface area contributed by atoms with E-state index in [-0.39, 0.29) is 24.0 Å². The summed E-state index contributed by atoms with van der Waals surface area (Å²) in [4.78, 5) is 10.3. The van der Waals surface area contributed by atoms with Gasteiger partial charge in [-0.3, -0.25) is 0 Å². The van der Waals surface area contributed by atoms with Gasteiger partial charge in [0, 0.05) is 37.4 Å². The van der Waals surface area contributed by atoms with E-state index in [2.05, 4.69) is 34.5 Å². The molecule has 0 saturated heterocycles. The lowest BCUT2D eigenvalue weighted by molar-refractivity contribution is 0.123. The van der Waals surface area contributed by atoms with Gasteiger partial charge in [-0.05, 0) is 38.5 Å². The molecular formula is C16H29IN4OS. The number of halogens is 1. The van der Waals surface area contributed by atoms with Gasteiger partial charge in [-0.25, -0.2) is 9.98 Å². The quantitative estimate of drug-likeness (QED) is 0.248. The second-order valence-corrected chi connectivity index (χ2v) is 6.77. The Morgan fingerprint density at radius 3 is 2.87 bits per heavy atom. The highest BCUT2D eigenvalue weighted by Crippen LogP contribution is 2.28. The zero-order chi connectivity index (χ0) is 15.6. The van der Waals surface area contributed by atoms with Crippen molar-refractivity contribution in [2.24, 2.45) is 10.9 Å². The SMILES string of the molecule is CCNC(=NCc1ncc(CC)s1)NCCCOCC1CC1.I. The van der Waals surface area contributed by atoms with Crippen LogP contribution in [0.3, 0.4) is 0 Å². The first-order valence-corrected chi connectivity index (χ1v) is 9.17. The normalized spacial score (nSPS) is 14.4. The van der Waals surface area contributed by atoms with Crippen molar-refractivity contribution in [2.75, 3.05) is 26.3 Å². The number of thiazole rings is 1. The Labute approximate surface area is 160 Å². The van der Waals surface area contributed by atoms with Crippen molar-refractivity contribution in [3.8, 4) is 0 Å². The van der Waals surface area contributed by atoms with Crippen LogP contribution < -0.4 is 10.6 Å². The summed E-state index contributed by atoms with van der Waals surface area (Å²) >= 11 is 1.74. The van der Waals surface area contributed by atoms with Crippen molar-refractivity contribution in [2.45, 2.75) is 46.1 Å². The monoisotopic (exact) mass is 452 g/mol. The van der Waals surface area contributed by atoms with Gasteiger partial charge in [0.05, 0.1) is 6.54 Å². The van der Waals surface area contributed by atoms with Gasteiger partial charge in [-0.15, -0.1) is 35.3 Å². The lowest BCUT2D eigenvalue weighted by atomic mass is 10.4. The third-order valence-corrected chi connectivity index (χ3v) is 4.60. The topological polar surface area (TPSA) is 58.5 Å². The van der Waals surface area contributed by atoms with Gasteiger partial charge in [0.25, 0.3) is 0 Å². The Morgan fingerprint density at radius 2 is 2.22 bits per heavy atom. The molecule has 1 aromatic heterocycles. The maximum absolute atomic E-state index is 5.64. The minimum Gasteiger partial charge on any atom is -0.381 e. The van der Waals surface area contributed by atoms with Crippen molar-refractivity contribution in [3.63, 3.8) is 0 Å². The molecule has 1 saturated carbocycles. The van der Waals surface area contributed by atoms with Gasteiger partial charge in [-0.1, -0.05) is 6.92 Å². The molecule has 2 rings (SSSR count). The van der Waals surface area contributed by atoms with Crippen molar-refractivity contribution in [3.05, 3.63) is 16.1 Å². The second kappa shape index (κ2) is 12.0. The standard InChI is InChI=1S/C16H28N4OS.HI/c1-3-14-10-19-15(22-14)11-20-16(17-4-2)18-8-5-9-21-12-13-6-7-13;/h10,13H,3-9,11-12H2,1-2H3,(H2,17,18,20);1H. The number of hydrogen-bond acceptors (Lipinski definition) is 4. The molecule has 0 aromatic carbocycles. The van der Waals surface area contributed by atoms with Crippen molar-refractivity contribution < 1.29 is 4.74 Å². The van der Waals surface area contributed by atoms with Crippen LogP contribution in [0.5, 0.6) is 0 Å². The molecule has 1 aliphatic carbocycles. The summed E-state index contributed by atoms with van der Waals surface area (Å²) in [7, 11) is 0. The van der Waals surface area contributed by atoms with Crippen LogP contribution in [0.25, 0.3) is 0 Å². The molecule has 0 unspecified atom stereocenters.